The van der Waals surface area contributed by atoms with Crippen LogP contribution in [0.2, 0.25) is 0 Å². The van der Waals surface area contributed by atoms with Gasteiger partial charge in [-0.05, 0) is 170 Å². The van der Waals surface area contributed by atoms with Crippen LogP contribution in [0.5, 0.6) is 0 Å². The summed E-state index contributed by atoms with van der Waals surface area (Å²) in [7, 11) is 0. The first-order valence-corrected chi connectivity index (χ1v) is 38.9. The highest BCUT2D eigenvalue weighted by atomic mass is 14.9. The highest BCUT2D eigenvalue weighted by Crippen LogP contribution is 2.46. The van der Waals surface area contributed by atoms with Gasteiger partial charge in [-0.25, -0.2) is 24.9 Å². The van der Waals surface area contributed by atoms with Crippen molar-refractivity contribution >= 4 is 114 Å². The van der Waals surface area contributed by atoms with Gasteiger partial charge in [0.1, 0.15) is 0 Å². The van der Waals surface area contributed by atoms with Gasteiger partial charge in [-0.15, -0.1) is 0 Å². The van der Waals surface area contributed by atoms with E-state index in [1.165, 1.54) is 142 Å². The molecule has 0 aliphatic heterocycles. The molecule has 0 amide bonds. The van der Waals surface area contributed by atoms with E-state index in [1.54, 1.807) is 0 Å². The predicted molar refractivity (Wildman–Crippen MR) is 475 cm³/mol. The molecule has 15 aromatic carbocycles. The van der Waals surface area contributed by atoms with Crippen molar-refractivity contribution in [2.45, 2.75) is 20.8 Å². The second kappa shape index (κ2) is 26.7. The summed E-state index contributed by atoms with van der Waals surface area (Å²) in [6.45, 7) is 6.57. The first-order chi connectivity index (χ1) is 56.2. The zero-order valence-electron chi connectivity index (χ0n) is 62.8. The number of rotatable bonds is 9. The van der Waals surface area contributed by atoms with Crippen LogP contribution in [0.1, 0.15) is 16.7 Å². The number of benzene rings is 15. The molecular weight excluding hydrogens is 1390 g/mol. The normalized spacial score (nSPS) is 11.8. The topological polar surface area (TPSA) is 77.7 Å². The van der Waals surface area contributed by atoms with E-state index in [0.717, 1.165) is 90.3 Å². The van der Waals surface area contributed by atoms with Gasteiger partial charge in [-0.2, -0.15) is 0 Å². The number of aryl methyl sites for hydroxylation is 3. The molecule has 114 heavy (non-hydrogen) atoms. The van der Waals surface area contributed by atoms with Gasteiger partial charge in [-0.3, -0.25) is 0 Å². The van der Waals surface area contributed by atoms with Crippen molar-refractivity contribution in [3.63, 3.8) is 0 Å². The van der Waals surface area contributed by atoms with Crippen molar-refractivity contribution < 1.29 is 0 Å². The molecule has 0 saturated carbocycles. The van der Waals surface area contributed by atoms with E-state index in [1.807, 2.05) is 42.5 Å². The highest BCUT2D eigenvalue weighted by molar-refractivity contribution is 6.26. The minimum Gasteiger partial charge on any atom is -0.308 e. The van der Waals surface area contributed by atoms with Crippen LogP contribution in [-0.4, -0.2) is 38.1 Å². The smallest absolute Gasteiger partial charge is 0.160 e. The van der Waals surface area contributed by atoms with Gasteiger partial charge in [-0.1, -0.05) is 249 Å². The minimum absolute atomic E-state index is 0.734. The van der Waals surface area contributed by atoms with Crippen molar-refractivity contribution in [3.05, 3.63) is 387 Å². The monoisotopic (exact) mass is 1450 g/mol. The lowest BCUT2D eigenvalue weighted by atomic mass is 9.99. The Balaban J connectivity index is 0.000000104. The first kappa shape index (κ1) is 66.0. The summed E-state index contributed by atoms with van der Waals surface area (Å²) in [6.07, 6.45) is 0. The molecular formula is C106H70N8. The summed E-state index contributed by atoms with van der Waals surface area (Å²) in [6, 6.07) is 131. The number of hydrogen-bond acceptors (Lipinski definition) is 5. The average molecular weight is 1460 g/mol. The minimum atomic E-state index is 0.734. The molecule has 0 saturated heterocycles. The van der Waals surface area contributed by atoms with E-state index in [4.69, 9.17) is 24.9 Å². The summed E-state index contributed by atoms with van der Waals surface area (Å²) < 4.78 is 7.26. The SMILES string of the molecule is Cc1cc2c3ccccc3n3c4ccc(-c5cc(-c6ccccc6)cc(-c6ccccc6)n5)cc4c(c1)c23.Cc1cc2c3ccccc3n3c4ccc(-c5cc(-c6ccccc6)nc(-c6ccccc6)n5)cc4c(c1)c23.Cc1cc2c3ccccc3n3c4ccc(-c5nc(-c6ccccc6)cc(-c6ccccc6)n5)cc4c(c1)c23. The van der Waals surface area contributed by atoms with Gasteiger partial charge in [0.15, 0.2) is 11.6 Å². The summed E-state index contributed by atoms with van der Waals surface area (Å²) in [5.41, 5.74) is 31.8. The summed E-state index contributed by atoms with van der Waals surface area (Å²) in [5, 5.41) is 15.5. The second-order valence-corrected chi connectivity index (χ2v) is 30.1. The quantitative estimate of drug-likeness (QED) is 0.144. The summed E-state index contributed by atoms with van der Waals surface area (Å²) in [5.74, 6) is 1.47. The lowest BCUT2D eigenvalue weighted by Crippen LogP contribution is -1.96. The fourth-order valence-corrected chi connectivity index (χ4v) is 17.8. The fraction of sp³-hybridized carbons (Fsp3) is 0.0283. The molecule has 0 radical (unpaired) electrons. The van der Waals surface area contributed by atoms with Gasteiger partial charge < -0.3 is 13.2 Å². The van der Waals surface area contributed by atoms with Crippen molar-refractivity contribution in [1.82, 2.24) is 38.1 Å². The van der Waals surface area contributed by atoms with E-state index >= 15 is 0 Å². The van der Waals surface area contributed by atoms with Gasteiger partial charge in [0.05, 0.1) is 83.8 Å². The first-order valence-electron chi connectivity index (χ1n) is 38.9. The van der Waals surface area contributed by atoms with Crippen molar-refractivity contribution in [1.29, 1.82) is 0 Å². The van der Waals surface area contributed by atoms with Gasteiger partial charge in [0.2, 0.25) is 0 Å². The molecule has 0 aliphatic rings. The number of pyridine rings is 1. The maximum absolute atomic E-state index is 5.17. The highest BCUT2D eigenvalue weighted by Gasteiger charge is 2.24. The molecule has 9 heterocycles. The number of para-hydroxylation sites is 3. The van der Waals surface area contributed by atoms with Crippen LogP contribution in [0.15, 0.2) is 370 Å². The Kier molecular flexibility index (Phi) is 15.4. The maximum atomic E-state index is 5.17. The summed E-state index contributed by atoms with van der Waals surface area (Å²) in [4.78, 5) is 25.3. The van der Waals surface area contributed by atoms with Crippen LogP contribution in [0.3, 0.4) is 0 Å². The average Bonchev–Trinajstić information content (AvgIpc) is 1.56. The van der Waals surface area contributed by atoms with E-state index in [-0.39, 0.29) is 0 Å². The molecule has 0 spiro atoms. The molecule has 0 fully saturated rings. The largest absolute Gasteiger partial charge is 0.308 e. The molecule has 0 atom stereocenters. The molecule has 9 aromatic heterocycles. The van der Waals surface area contributed by atoms with Gasteiger partial charge >= 0.3 is 0 Å². The van der Waals surface area contributed by atoms with Crippen LogP contribution >= 0.6 is 0 Å². The van der Waals surface area contributed by atoms with Crippen molar-refractivity contribution in [3.8, 4) is 101 Å². The molecule has 0 unspecified atom stereocenters. The van der Waals surface area contributed by atoms with Crippen molar-refractivity contribution in [2.24, 2.45) is 0 Å². The molecule has 24 rings (SSSR count). The molecule has 24 aromatic rings. The summed E-state index contributed by atoms with van der Waals surface area (Å²) >= 11 is 0. The molecule has 0 N–H and O–H groups in total. The fourth-order valence-electron chi connectivity index (χ4n) is 17.8. The Labute approximate surface area is 657 Å². The molecule has 0 aliphatic carbocycles. The molecule has 8 nitrogen and oxygen atoms in total. The standard InChI is InChI=1S/C36H24N2.2C35H23N3/c1-23-18-30-28-14-8-9-15-34(28)38-35-17-16-26(20-29(35)31(19-23)36(30)38)33-22-27(24-10-4-2-5-11-24)21-32(37-33)25-12-6-3-7-13-25;1-22-18-28-26-14-8-9-15-32(26)38-33-17-16-25(20-27(33)29(19-22)34(28)38)31-21-30(23-10-4-2-5-11-23)36-35(37-31)24-12-6-3-7-13-24;1-22-18-28-26-14-8-9-15-32(26)38-33-17-16-25(20-27(33)29(19-22)34(28)38)35-36-30(23-10-4-2-5-11-23)21-31(37-35)24-12-6-3-7-13-24/h2-22H,1H3;2*2-21H,1H3. The Morgan fingerprint density at radius 3 is 0.754 bits per heavy atom. The lowest BCUT2D eigenvalue weighted by molar-refractivity contribution is 1.18. The zero-order valence-corrected chi connectivity index (χ0v) is 62.8. The molecule has 8 heteroatoms. The van der Waals surface area contributed by atoms with Crippen LogP contribution in [0.25, 0.3) is 216 Å². The number of hydrogen-bond donors (Lipinski definition) is 0. The van der Waals surface area contributed by atoms with Crippen molar-refractivity contribution in [2.75, 3.05) is 0 Å². The number of fused-ring (bicyclic) bond motifs is 18. The maximum Gasteiger partial charge on any atom is 0.160 e. The van der Waals surface area contributed by atoms with Gasteiger partial charge in [0.25, 0.3) is 0 Å². The Bertz CT molecular complexity index is 6930. The van der Waals surface area contributed by atoms with Crippen LogP contribution in [-0.2, 0) is 0 Å². The zero-order chi connectivity index (χ0) is 75.6. The van der Waals surface area contributed by atoms with Crippen LogP contribution in [0.4, 0.5) is 0 Å². The third-order valence-electron chi connectivity index (χ3n) is 22.9. The number of aromatic nitrogens is 8. The van der Waals surface area contributed by atoms with E-state index < -0.39 is 0 Å². The van der Waals surface area contributed by atoms with Crippen LogP contribution < -0.4 is 0 Å². The Morgan fingerprint density at radius 1 is 0.158 bits per heavy atom. The van der Waals surface area contributed by atoms with Gasteiger partial charge in [0, 0.05) is 109 Å². The third-order valence-corrected chi connectivity index (χ3v) is 22.9. The van der Waals surface area contributed by atoms with E-state index in [2.05, 4.69) is 362 Å². The third kappa shape index (κ3) is 11.0. The molecule has 0 bridgehead atoms. The predicted octanol–water partition coefficient (Wildman–Crippen LogP) is 27.4. The Hall–Kier alpha value is -15.0. The van der Waals surface area contributed by atoms with E-state index in [9.17, 15) is 0 Å². The van der Waals surface area contributed by atoms with Crippen LogP contribution in [0, 0.1) is 20.8 Å². The Morgan fingerprint density at radius 2 is 0.404 bits per heavy atom. The second-order valence-electron chi connectivity index (χ2n) is 30.1. The number of nitrogens with zero attached hydrogens (tertiary/aromatic N) is 8. The molecule has 534 valence electrons. The van der Waals surface area contributed by atoms with E-state index in [0.29, 0.717) is 0 Å². The lowest BCUT2D eigenvalue weighted by Gasteiger charge is -2.11.